The fourth-order valence-corrected chi connectivity index (χ4v) is 4.04. The molecule has 1 aliphatic rings. The summed E-state index contributed by atoms with van der Waals surface area (Å²) in [6, 6.07) is 13.9. The van der Waals surface area contributed by atoms with E-state index in [4.69, 9.17) is 17.2 Å². The van der Waals surface area contributed by atoms with E-state index in [-0.39, 0.29) is 0 Å². The van der Waals surface area contributed by atoms with E-state index >= 15 is 0 Å². The largest absolute Gasteiger partial charge is 0.358 e. The van der Waals surface area contributed by atoms with Gasteiger partial charge in [-0.3, -0.25) is 0 Å². The monoisotopic (exact) mass is 437 g/mol. The van der Waals surface area contributed by atoms with Crippen molar-refractivity contribution in [1.82, 2.24) is 25.3 Å². The van der Waals surface area contributed by atoms with Gasteiger partial charge in [0.05, 0.1) is 0 Å². The second-order valence-corrected chi connectivity index (χ2v) is 8.26. The van der Waals surface area contributed by atoms with Crippen molar-refractivity contribution in [3.05, 3.63) is 60.4 Å². The van der Waals surface area contributed by atoms with Crippen LogP contribution in [0.3, 0.4) is 0 Å². The number of thiocarbonyl (C=S) groups is 1. The molecule has 1 aliphatic heterocycles. The van der Waals surface area contributed by atoms with Gasteiger partial charge < -0.3 is 15.5 Å². The maximum atomic E-state index is 5.46. The zero-order valence-electron chi connectivity index (χ0n) is 16.5. The van der Waals surface area contributed by atoms with Crippen LogP contribution in [0.25, 0.3) is 0 Å². The molecule has 3 heterocycles. The third-order valence-corrected chi connectivity index (χ3v) is 5.69. The molecule has 0 atom stereocenters. The Hall–Kier alpha value is -2.78. The van der Waals surface area contributed by atoms with Crippen molar-refractivity contribution in [2.45, 2.75) is 36.0 Å². The first-order chi connectivity index (χ1) is 14.8. The topological polar surface area (TPSA) is 78.9 Å². The quantitative estimate of drug-likeness (QED) is 0.339. The van der Waals surface area contributed by atoms with Crippen molar-refractivity contribution in [1.29, 1.82) is 0 Å². The Bertz CT molecular complexity index is 964. The Morgan fingerprint density at radius 2 is 1.77 bits per heavy atom. The molecule has 0 unspecified atom stereocenters. The minimum absolute atomic E-state index is 0.474. The van der Waals surface area contributed by atoms with Gasteiger partial charge in [-0.05, 0) is 54.9 Å². The molecule has 0 radical (unpaired) electrons. The van der Waals surface area contributed by atoms with Crippen LogP contribution in [0, 0.1) is 0 Å². The van der Waals surface area contributed by atoms with Crippen LogP contribution in [-0.2, 0) is 6.54 Å². The molecule has 4 rings (SSSR count). The van der Waals surface area contributed by atoms with Crippen LogP contribution in [0.1, 0.15) is 24.8 Å². The Morgan fingerprint density at radius 3 is 2.53 bits per heavy atom. The highest BCUT2D eigenvalue weighted by atomic mass is 32.2. The second kappa shape index (κ2) is 10.3. The van der Waals surface area contributed by atoms with Crippen molar-refractivity contribution in [2.75, 3.05) is 23.3 Å². The highest BCUT2D eigenvalue weighted by Crippen LogP contribution is 2.28. The fraction of sp³-hybridized carbons (Fsp3) is 0.286. The number of benzene rings is 1. The van der Waals surface area contributed by atoms with Crippen LogP contribution in [0.2, 0.25) is 0 Å². The first kappa shape index (κ1) is 20.5. The number of rotatable bonds is 6. The van der Waals surface area contributed by atoms with Crippen LogP contribution in [-0.4, -0.2) is 38.1 Å². The van der Waals surface area contributed by atoms with Gasteiger partial charge >= 0.3 is 0 Å². The Labute approximate surface area is 185 Å². The van der Waals surface area contributed by atoms with Crippen molar-refractivity contribution >= 4 is 40.9 Å². The number of nitrogens with one attached hydrogen (secondary N) is 2. The number of hydrogen-bond donors (Lipinski definition) is 2. The molecule has 9 heteroatoms. The van der Waals surface area contributed by atoms with E-state index in [1.807, 2.05) is 24.3 Å². The molecule has 2 aromatic heterocycles. The van der Waals surface area contributed by atoms with Crippen molar-refractivity contribution in [3.8, 4) is 0 Å². The standard InChI is InChI=1S/C21H23N7S2/c29-20(24-15-16-8-3-1-4-9-16)27-19-25-17(28-12-5-2-6-13-28)14-18(26-19)30-21-22-10-7-11-23-21/h1,3-4,7-11,14H,2,5-6,12-13,15H2,(H2,24,25,26,27,29). The van der Waals surface area contributed by atoms with Crippen molar-refractivity contribution in [2.24, 2.45) is 0 Å². The lowest BCUT2D eigenvalue weighted by Gasteiger charge is -2.28. The molecule has 7 nitrogen and oxygen atoms in total. The van der Waals surface area contributed by atoms with E-state index in [9.17, 15) is 0 Å². The fourth-order valence-electron chi connectivity index (χ4n) is 3.16. The maximum Gasteiger partial charge on any atom is 0.232 e. The minimum Gasteiger partial charge on any atom is -0.358 e. The van der Waals surface area contributed by atoms with E-state index in [1.54, 1.807) is 18.5 Å². The molecule has 30 heavy (non-hydrogen) atoms. The third kappa shape index (κ3) is 5.87. The van der Waals surface area contributed by atoms with Crippen molar-refractivity contribution in [3.63, 3.8) is 0 Å². The first-order valence-corrected chi connectivity index (χ1v) is 11.2. The summed E-state index contributed by atoms with van der Waals surface area (Å²) in [6.45, 7) is 2.64. The van der Waals surface area contributed by atoms with Crippen LogP contribution >= 0.6 is 24.0 Å². The molecular weight excluding hydrogens is 414 g/mol. The molecule has 1 aromatic carbocycles. The summed E-state index contributed by atoms with van der Waals surface area (Å²) >= 11 is 6.87. The predicted octanol–water partition coefficient (Wildman–Crippen LogP) is 3.89. The third-order valence-electron chi connectivity index (χ3n) is 4.63. The number of nitrogens with zero attached hydrogens (tertiary/aromatic N) is 5. The zero-order chi connectivity index (χ0) is 20.6. The molecule has 0 bridgehead atoms. The molecule has 2 N–H and O–H groups in total. The SMILES string of the molecule is S=C(NCc1ccccc1)Nc1nc(Sc2ncccn2)cc(N2CCCCC2)n1. The van der Waals surface area contributed by atoms with Gasteiger partial charge in [0.2, 0.25) is 5.95 Å². The zero-order valence-corrected chi connectivity index (χ0v) is 18.1. The van der Waals surface area contributed by atoms with E-state index in [1.165, 1.54) is 31.0 Å². The molecule has 1 fully saturated rings. The number of anilines is 2. The van der Waals surface area contributed by atoms with Crippen LogP contribution in [0.5, 0.6) is 0 Å². The lowest BCUT2D eigenvalue weighted by Crippen LogP contribution is -2.32. The van der Waals surface area contributed by atoms with Gasteiger partial charge in [-0.15, -0.1) is 0 Å². The molecule has 1 saturated heterocycles. The molecule has 3 aromatic rings. The molecule has 154 valence electrons. The summed E-state index contributed by atoms with van der Waals surface area (Å²) in [4.78, 5) is 20.2. The van der Waals surface area contributed by atoms with Crippen LogP contribution < -0.4 is 15.5 Å². The summed E-state index contributed by atoms with van der Waals surface area (Å²) in [7, 11) is 0. The molecule has 0 amide bonds. The van der Waals surface area contributed by atoms with Crippen LogP contribution in [0.4, 0.5) is 11.8 Å². The smallest absolute Gasteiger partial charge is 0.232 e. The molecular formula is C21H23N7S2. The predicted molar refractivity (Wildman–Crippen MR) is 124 cm³/mol. The highest BCUT2D eigenvalue weighted by molar-refractivity contribution is 7.99. The Balaban J connectivity index is 1.49. The van der Waals surface area contributed by atoms with Gasteiger partial charge in [-0.1, -0.05) is 30.3 Å². The lowest BCUT2D eigenvalue weighted by molar-refractivity contribution is 0.572. The van der Waals surface area contributed by atoms with Crippen LogP contribution in [0.15, 0.2) is 65.0 Å². The van der Waals surface area contributed by atoms with Gasteiger partial charge in [-0.25, -0.2) is 15.0 Å². The normalized spacial score (nSPS) is 13.7. The van der Waals surface area contributed by atoms with Gasteiger partial charge in [0.15, 0.2) is 10.3 Å². The van der Waals surface area contributed by atoms with Gasteiger partial charge in [0.1, 0.15) is 10.8 Å². The summed E-state index contributed by atoms with van der Waals surface area (Å²) in [6.07, 6.45) is 7.07. The maximum absolute atomic E-state index is 5.46. The molecule has 0 saturated carbocycles. The second-order valence-electron chi connectivity index (χ2n) is 6.86. The highest BCUT2D eigenvalue weighted by Gasteiger charge is 2.16. The van der Waals surface area contributed by atoms with E-state index in [0.29, 0.717) is 22.8 Å². The van der Waals surface area contributed by atoms with E-state index in [0.717, 1.165) is 29.5 Å². The van der Waals surface area contributed by atoms with Gasteiger partial charge in [0.25, 0.3) is 0 Å². The lowest BCUT2D eigenvalue weighted by atomic mass is 10.1. The summed E-state index contributed by atoms with van der Waals surface area (Å²) < 4.78 is 0. The summed E-state index contributed by atoms with van der Waals surface area (Å²) in [5.41, 5.74) is 1.15. The van der Waals surface area contributed by atoms with E-state index < -0.39 is 0 Å². The average Bonchev–Trinajstić information content (AvgIpc) is 2.79. The Morgan fingerprint density at radius 1 is 1.00 bits per heavy atom. The van der Waals surface area contributed by atoms with Gasteiger partial charge in [-0.2, -0.15) is 4.98 Å². The number of hydrogen-bond acceptors (Lipinski definition) is 7. The van der Waals surface area contributed by atoms with E-state index in [2.05, 4.69) is 42.6 Å². The number of piperidine rings is 1. The first-order valence-electron chi connectivity index (χ1n) is 9.94. The van der Waals surface area contributed by atoms with Gasteiger partial charge in [0, 0.05) is 38.1 Å². The summed E-state index contributed by atoms with van der Waals surface area (Å²) in [5.74, 6) is 1.37. The number of aromatic nitrogens is 4. The molecule has 0 spiro atoms. The molecule has 0 aliphatic carbocycles. The minimum atomic E-state index is 0.474. The average molecular weight is 438 g/mol. The summed E-state index contributed by atoms with van der Waals surface area (Å²) in [5, 5.41) is 8.27. The Kier molecular flexibility index (Phi) is 7.04. The van der Waals surface area contributed by atoms with Crippen molar-refractivity contribution < 1.29 is 0 Å².